The van der Waals surface area contributed by atoms with Gasteiger partial charge in [-0.3, -0.25) is 14.9 Å². The number of hydrogen-bond donors (Lipinski definition) is 2. The highest BCUT2D eigenvalue weighted by atomic mass is 16.6. The molecule has 1 aliphatic rings. The summed E-state index contributed by atoms with van der Waals surface area (Å²) in [6.45, 7) is 0.361. The molecule has 1 heterocycles. The molecule has 0 radical (unpaired) electrons. The molecule has 1 saturated carbocycles. The van der Waals surface area contributed by atoms with E-state index in [0.717, 1.165) is 25.3 Å². The number of nitrogens with one attached hydrogen (secondary N) is 1. The van der Waals surface area contributed by atoms with Gasteiger partial charge in [-0.25, -0.2) is 0 Å². The number of nitro groups is 1. The fourth-order valence-corrected chi connectivity index (χ4v) is 1.70. The van der Waals surface area contributed by atoms with Crippen LogP contribution in [0.4, 0.5) is 5.88 Å². The van der Waals surface area contributed by atoms with Crippen molar-refractivity contribution in [2.45, 2.75) is 24.8 Å². The zero-order chi connectivity index (χ0) is 12.5. The van der Waals surface area contributed by atoms with E-state index >= 15 is 0 Å². The molecule has 0 aliphatic heterocycles. The van der Waals surface area contributed by atoms with Crippen LogP contribution in [-0.4, -0.2) is 22.9 Å². The van der Waals surface area contributed by atoms with Crippen molar-refractivity contribution in [1.29, 1.82) is 0 Å². The lowest BCUT2D eigenvalue weighted by atomic mass is 9.78. The minimum atomic E-state index is -0.687. The number of carbonyl (C=O) groups excluding carboxylic acids is 1. The Morgan fingerprint density at radius 2 is 2.29 bits per heavy atom. The summed E-state index contributed by atoms with van der Waals surface area (Å²) in [5.74, 6) is -0.990. The summed E-state index contributed by atoms with van der Waals surface area (Å²) in [5, 5.41) is 13.0. The number of nitrogens with two attached hydrogens (primary N) is 1. The predicted molar refractivity (Wildman–Crippen MR) is 58.5 cm³/mol. The van der Waals surface area contributed by atoms with E-state index in [4.69, 9.17) is 10.2 Å². The summed E-state index contributed by atoms with van der Waals surface area (Å²) in [6.07, 6.45) is 2.83. The van der Waals surface area contributed by atoms with Gasteiger partial charge in [-0.05, 0) is 25.3 Å². The van der Waals surface area contributed by atoms with Crippen LogP contribution < -0.4 is 11.1 Å². The average molecular weight is 239 g/mol. The Hall–Kier alpha value is -1.89. The van der Waals surface area contributed by atoms with Gasteiger partial charge in [0.25, 0.3) is 5.91 Å². The first-order chi connectivity index (χ1) is 8.00. The molecule has 1 fully saturated rings. The molecule has 0 atom stereocenters. The molecular weight excluding hydrogens is 226 g/mol. The zero-order valence-electron chi connectivity index (χ0n) is 9.14. The van der Waals surface area contributed by atoms with Gasteiger partial charge in [-0.1, -0.05) is 0 Å². The highest BCUT2D eigenvalue weighted by molar-refractivity contribution is 5.91. The summed E-state index contributed by atoms with van der Waals surface area (Å²) < 4.78 is 4.77. The van der Waals surface area contributed by atoms with E-state index in [9.17, 15) is 14.9 Å². The molecule has 0 spiro atoms. The van der Waals surface area contributed by atoms with E-state index in [1.165, 1.54) is 6.07 Å². The van der Waals surface area contributed by atoms with E-state index in [1.807, 2.05) is 0 Å². The van der Waals surface area contributed by atoms with Gasteiger partial charge in [0.15, 0.2) is 5.76 Å². The summed E-state index contributed by atoms with van der Waals surface area (Å²) >= 11 is 0. The Morgan fingerprint density at radius 3 is 2.76 bits per heavy atom. The molecule has 1 aliphatic carbocycles. The van der Waals surface area contributed by atoms with Crippen LogP contribution in [0.25, 0.3) is 0 Å². The van der Waals surface area contributed by atoms with Gasteiger partial charge in [-0.15, -0.1) is 0 Å². The standard InChI is InChI=1S/C10H13N3O4/c11-10(4-1-5-10)6-12-9(14)7-2-3-8(17-7)13(15)16/h2-3H,1,4-6,11H2,(H,12,14). The van der Waals surface area contributed by atoms with Crippen molar-refractivity contribution in [1.82, 2.24) is 5.32 Å². The Kier molecular flexibility index (Phi) is 2.84. The van der Waals surface area contributed by atoms with Crippen molar-refractivity contribution in [2.75, 3.05) is 6.54 Å². The molecule has 17 heavy (non-hydrogen) atoms. The number of furan rings is 1. The van der Waals surface area contributed by atoms with Crippen LogP contribution in [0.3, 0.4) is 0 Å². The summed E-state index contributed by atoms with van der Waals surface area (Å²) in [4.78, 5) is 21.3. The Bertz CT molecular complexity index is 450. The summed E-state index contributed by atoms with van der Waals surface area (Å²) in [6, 6.07) is 2.42. The van der Waals surface area contributed by atoms with Crippen LogP contribution in [0, 0.1) is 10.1 Å². The third kappa shape index (κ3) is 2.44. The molecule has 1 aromatic heterocycles. The van der Waals surface area contributed by atoms with Gasteiger partial charge in [0.05, 0.1) is 6.07 Å². The Labute approximate surface area is 97.1 Å². The van der Waals surface area contributed by atoms with E-state index in [1.54, 1.807) is 0 Å². The van der Waals surface area contributed by atoms with E-state index < -0.39 is 16.7 Å². The fourth-order valence-electron chi connectivity index (χ4n) is 1.70. The van der Waals surface area contributed by atoms with Crippen LogP contribution in [-0.2, 0) is 0 Å². The maximum absolute atomic E-state index is 11.6. The summed E-state index contributed by atoms with van der Waals surface area (Å²) in [7, 11) is 0. The van der Waals surface area contributed by atoms with Crippen LogP contribution in [0.2, 0.25) is 0 Å². The number of amides is 1. The molecule has 0 unspecified atom stereocenters. The number of hydrogen-bond acceptors (Lipinski definition) is 5. The molecule has 92 valence electrons. The minimum Gasteiger partial charge on any atom is -0.395 e. The third-order valence-electron chi connectivity index (χ3n) is 2.95. The smallest absolute Gasteiger partial charge is 0.395 e. The molecule has 0 aromatic carbocycles. The highest BCUT2D eigenvalue weighted by Crippen LogP contribution is 2.28. The van der Waals surface area contributed by atoms with Gasteiger partial charge in [0, 0.05) is 12.1 Å². The highest BCUT2D eigenvalue weighted by Gasteiger charge is 2.33. The molecule has 7 heteroatoms. The van der Waals surface area contributed by atoms with Gasteiger partial charge >= 0.3 is 5.88 Å². The fraction of sp³-hybridized carbons (Fsp3) is 0.500. The van der Waals surface area contributed by atoms with Crippen LogP contribution in [0.15, 0.2) is 16.5 Å². The molecule has 0 bridgehead atoms. The van der Waals surface area contributed by atoms with E-state index in [2.05, 4.69) is 5.32 Å². The lowest BCUT2D eigenvalue weighted by molar-refractivity contribution is -0.402. The Morgan fingerprint density at radius 1 is 1.59 bits per heavy atom. The quantitative estimate of drug-likeness (QED) is 0.596. The zero-order valence-corrected chi connectivity index (χ0v) is 9.14. The number of nitrogens with zero attached hydrogens (tertiary/aromatic N) is 1. The van der Waals surface area contributed by atoms with Gasteiger partial charge < -0.3 is 15.5 Å². The largest absolute Gasteiger partial charge is 0.433 e. The molecule has 1 aromatic rings. The first-order valence-electron chi connectivity index (χ1n) is 5.31. The summed E-state index contributed by atoms with van der Waals surface area (Å²) in [5.41, 5.74) is 5.60. The van der Waals surface area contributed by atoms with Gasteiger partial charge in [0.2, 0.25) is 0 Å². The molecule has 2 rings (SSSR count). The second kappa shape index (κ2) is 4.17. The van der Waals surface area contributed by atoms with Crippen molar-refractivity contribution in [3.8, 4) is 0 Å². The molecule has 1 amide bonds. The maximum atomic E-state index is 11.6. The van der Waals surface area contributed by atoms with Crippen molar-refractivity contribution in [3.63, 3.8) is 0 Å². The number of carbonyl (C=O) groups is 1. The van der Waals surface area contributed by atoms with Crippen LogP contribution in [0.1, 0.15) is 29.8 Å². The van der Waals surface area contributed by atoms with Crippen LogP contribution in [0.5, 0.6) is 0 Å². The first kappa shape index (κ1) is 11.6. The second-order valence-corrected chi connectivity index (χ2v) is 4.29. The lowest BCUT2D eigenvalue weighted by Crippen LogP contribution is -2.54. The Balaban J connectivity index is 1.92. The predicted octanol–water partition coefficient (Wildman–Crippen LogP) is 0.799. The normalized spacial score (nSPS) is 17.2. The van der Waals surface area contributed by atoms with Crippen LogP contribution >= 0.6 is 0 Å². The van der Waals surface area contributed by atoms with Crippen molar-refractivity contribution >= 4 is 11.8 Å². The van der Waals surface area contributed by atoms with Gasteiger partial charge in [0.1, 0.15) is 4.92 Å². The lowest BCUT2D eigenvalue weighted by Gasteiger charge is -2.37. The van der Waals surface area contributed by atoms with E-state index in [-0.39, 0.29) is 11.3 Å². The maximum Gasteiger partial charge on any atom is 0.433 e. The monoisotopic (exact) mass is 239 g/mol. The first-order valence-corrected chi connectivity index (χ1v) is 5.31. The topological polar surface area (TPSA) is 111 Å². The molecule has 7 nitrogen and oxygen atoms in total. The molecular formula is C10H13N3O4. The minimum absolute atomic E-state index is 0.0698. The van der Waals surface area contributed by atoms with E-state index in [0.29, 0.717) is 6.54 Å². The van der Waals surface area contributed by atoms with Crippen molar-refractivity contribution in [2.24, 2.45) is 5.73 Å². The SMILES string of the molecule is NC1(CNC(=O)c2ccc([N+](=O)[O-])o2)CCC1. The molecule has 0 saturated heterocycles. The van der Waals surface area contributed by atoms with Gasteiger partial charge in [-0.2, -0.15) is 0 Å². The molecule has 3 N–H and O–H groups in total. The number of rotatable bonds is 4. The average Bonchev–Trinajstić information content (AvgIpc) is 2.72. The second-order valence-electron chi connectivity index (χ2n) is 4.29. The third-order valence-corrected chi connectivity index (χ3v) is 2.95. The van der Waals surface area contributed by atoms with Crippen molar-refractivity contribution < 1.29 is 14.1 Å². The van der Waals surface area contributed by atoms with Crippen molar-refractivity contribution in [3.05, 3.63) is 28.0 Å².